The van der Waals surface area contributed by atoms with Crippen LogP contribution in [0.4, 0.5) is 0 Å². The molecule has 1 aliphatic heterocycles. The normalized spacial score (nSPS) is 37.7. The Morgan fingerprint density at radius 3 is 3.00 bits per heavy atom. The highest BCUT2D eigenvalue weighted by Crippen LogP contribution is 2.04. The summed E-state index contributed by atoms with van der Waals surface area (Å²) in [6.07, 6.45) is 0. The third-order valence-electron chi connectivity index (χ3n) is 1.98. The van der Waals surface area contributed by atoms with E-state index in [1.165, 1.54) is 0 Å². The second-order valence-corrected chi connectivity index (χ2v) is 4.99. The quantitative estimate of drug-likeness (QED) is 0.667. The van der Waals surface area contributed by atoms with Crippen molar-refractivity contribution in [1.82, 2.24) is 5.32 Å². The van der Waals surface area contributed by atoms with Crippen LogP contribution in [0.25, 0.3) is 0 Å². The lowest BCUT2D eigenvalue weighted by Crippen LogP contribution is -2.36. The Morgan fingerprint density at radius 2 is 2.33 bits per heavy atom. The zero-order valence-corrected chi connectivity index (χ0v) is 8.52. The van der Waals surface area contributed by atoms with Crippen LogP contribution >= 0.6 is 0 Å². The molecule has 0 amide bonds. The number of hydrogen-bond acceptors (Lipinski definition) is 3. The van der Waals surface area contributed by atoms with Gasteiger partial charge in [-0.2, -0.15) is 0 Å². The van der Waals surface area contributed by atoms with Crippen LogP contribution in [0.1, 0.15) is 6.92 Å². The first kappa shape index (κ1) is 10.2. The summed E-state index contributed by atoms with van der Waals surface area (Å²) in [5.41, 5.74) is 0. The molecule has 1 N–H and O–H groups in total. The van der Waals surface area contributed by atoms with Crippen molar-refractivity contribution in [2.24, 2.45) is 5.92 Å². The fourth-order valence-corrected chi connectivity index (χ4v) is 2.96. The third kappa shape index (κ3) is 3.21. The van der Waals surface area contributed by atoms with E-state index in [1.54, 1.807) is 7.11 Å². The Labute approximate surface area is 76.3 Å². The van der Waals surface area contributed by atoms with E-state index in [-0.39, 0.29) is 6.04 Å². The molecule has 3 nitrogen and oxygen atoms in total. The van der Waals surface area contributed by atoms with E-state index in [2.05, 4.69) is 12.2 Å². The second-order valence-electron chi connectivity index (χ2n) is 3.44. The average Bonchev–Trinajstić information content (AvgIpc) is 2.13. The zero-order chi connectivity index (χ0) is 8.97. The third-order valence-corrected chi connectivity index (χ3v) is 3.70. The number of rotatable bonds is 2. The van der Waals surface area contributed by atoms with E-state index in [1.807, 2.05) is 0 Å². The maximum atomic E-state index is 11.4. The minimum atomic E-state index is -0.662. The van der Waals surface area contributed by atoms with Gasteiger partial charge in [0.05, 0.1) is 6.61 Å². The highest BCUT2D eigenvalue weighted by atomic mass is 32.2. The van der Waals surface area contributed by atoms with E-state index in [9.17, 15) is 4.21 Å². The summed E-state index contributed by atoms with van der Waals surface area (Å²) in [4.78, 5) is 0. The van der Waals surface area contributed by atoms with E-state index >= 15 is 0 Å². The van der Waals surface area contributed by atoms with Crippen LogP contribution in [0.3, 0.4) is 0 Å². The Kier molecular flexibility index (Phi) is 4.18. The molecule has 0 bridgehead atoms. The number of nitrogens with one attached hydrogen (secondary N) is 1. The molecule has 1 heterocycles. The van der Waals surface area contributed by atoms with Gasteiger partial charge in [-0.1, -0.05) is 6.92 Å². The van der Waals surface area contributed by atoms with Gasteiger partial charge in [0, 0.05) is 35.5 Å². The average molecular weight is 191 g/mol. The van der Waals surface area contributed by atoms with Gasteiger partial charge >= 0.3 is 0 Å². The van der Waals surface area contributed by atoms with E-state index in [0.717, 1.165) is 18.1 Å². The first-order valence-corrected chi connectivity index (χ1v) is 5.78. The number of hydrogen-bond donors (Lipinski definition) is 1. The van der Waals surface area contributed by atoms with Crippen molar-refractivity contribution < 1.29 is 8.95 Å². The fourth-order valence-electron chi connectivity index (χ4n) is 1.40. The summed E-state index contributed by atoms with van der Waals surface area (Å²) in [7, 11) is 1.02. The molecular weight excluding hydrogens is 174 g/mol. The van der Waals surface area contributed by atoms with Gasteiger partial charge in [-0.15, -0.1) is 0 Å². The van der Waals surface area contributed by atoms with E-state index in [0.29, 0.717) is 12.5 Å². The number of methoxy groups -OCH3 is 1. The molecule has 1 aliphatic rings. The molecule has 72 valence electrons. The molecule has 3 unspecified atom stereocenters. The summed E-state index contributed by atoms with van der Waals surface area (Å²) in [5.74, 6) is 2.08. The summed E-state index contributed by atoms with van der Waals surface area (Å²) in [6, 6.07) is 0.279. The highest BCUT2D eigenvalue weighted by molar-refractivity contribution is 7.85. The molecule has 0 saturated carbocycles. The Morgan fingerprint density at radius 1 is 1.58 bits per heavy atom. The van der Waals surface area contributed by atoms with Crippen molar-refractivity contribution in [3.8, 4) is 0 Å². The van der Waals surface area contributed by atoms with Gasteiger partial charge in [-0.05, 0) is 12.5 Å². The molecule has 0 radical (unpaired) electrons. The van der Waals surface area contributed by atoms with E-state index < -0.39 is 10.8 Å². The maximum Gasteiger partial charge on any atom is 0.0624 e. The molecular formula is C8H17NO2S. The van der Waals surface area contributed by atoms with Crippen LogP contribution < -0.4 is 5.32 Å². The molecule has 0 aromatic rings. The Hall–Kier alpha value is 0.0700. The van der Waals surface area contributed by atoms with Crippen molar-refractivity contribution in [2.75, 3.05) is 31.8 Å². The van der Waals surface area contributed by atoms with Crippen molar-refractivity contribution in [3.63, 3.8) is 0 Å². The monoisotopic (exact) mass is 191 g/mol. The summed E-state index contributed by atoms with van der Waals surface area (Å²) in [5, 5.41) is 3.34. The second kappa shape index (κ2) is 4.94. The van der Waals surface area contributed by atoms with Gasteiger partial charge in [0.15, 0.2) is 0 Å². The Balaban J connectivity index is 2.41. The van der Waals surface area contributed by atoms with E-state index in [4.69, 9.17) is 4.74 Å². The van der Waals surface area contributed by atoms with Crippen LogP contribution in [0.5, 0.6) is 0 Å². The predicted molar refractivity (Wildman–Crippen MR) is 50.7 cm³/mol. The van der Waals surface area contributed by atoms with Gasteiger partial charge in [0.2, 0.25) is 0 Å². The van der Waals surface area contributed by atoms with Crippen LogP contribution in [0, 0.1) is 5.92 Å². The predicted octanol–water partition coefficient (Wildman–Crippen LogP) is -0.0106. The van der Waals surface area contributed by atoms with Crippen LogP contribution in [0.15, 0.2) is 0 Å². The van der Waals surface area contributed by atoms with Crippen molar-refractivity contribution in [2.45, 2.75) is 13.0 Å². The zero-order valence-electron chi connectivity index (χ0n) is 7.71. The first-order valence-electron chi connectivity index (χ1n) is 4.29. The maximum absolute atomic E-state index is 11.4. The highest BCUT2D eigenvalue weighted by Gasteiger charge is 2.19. The minimum Gasteiger partial charge on any atom is -0.383 e. The molecule has 1 saturated heterocycles. The molecule has 0 aromatic heterocycles. The van der Waals surface area contributed by atoms with Crippen LogP contribution in [0.2, 0.25) is 0 Å². The molecule has 12 heavy (non-hydrogen) atoms. The molecule has 0 aliphatic carbocycles. The minimum absolute atomic E-state index is 0.279. The fraction of sp³-hybridized carbons (Fsp3) is 1.00. The smallest absolute Gasteiger partial charge is 0.0624 e. The molecule has 1 fully saturated rings. The van der Waals surface area contributed by atoms with Crippen LogP contribution in [-0.4, -0.2) is 42.0 Å². The molecule has 0 aromatic carbocycles. The van der Waals surface area contributed by atoms with Crippen LogP contribution in [-0.2, 0) is 15.5 Å². The van der Waals surface area contributed by atoms with Crippen molar-refractivity contribution >= 4 is 10.8 Å². The summed E-state index contributed by atoms with van der Waals surface area (Å²) < 4.78 is 16.4. The lowest BCUT2D eigenvalue weighted by molar-refractivity contribution is 0.173. The van der Waals surface area contributed by atoms with Gasteiger partial charge in [0.1, 0.15) is 0 Å². The van der Waals surface area contributed by atoms with Crippen molar-refractivity contribution in [3.05, 3.63) is 0 Å². The summed E-state index contributed by atoms with van der Waals surface area (Å²) in [6.45, 7) is 3.75. The molecule has 4 heteroatoms. The first-order chi connectivity index (χ1) is 5.72. The molecule has 0 spiro atoms. The Bertz CT molecular complexity index is 163. The van der Waals surface area contributed by atoms with Gasteiger partial charge < -0.3 is 10.1 Å². The lowest BCUT2D eigenvalue weighted by Gasteiger charge is -2.13. The standard InChI is InChI=1S/C8H17NO2S/c1-7-3-9-8(4-11-2)6-12(10)5-7/h7-9H,3-6H2,1-2H3. The molecule has 1 rings (SSSR count). The SMILES string of the molecule is COCC1CS(=O)CC(C)CN1. The van der Waals surface area contributed by atoms with Gasteiger partial charge in [-0.25, -0.2) is 0 Å². The lowest BCUT2D eigenvalue weighted by atomic mass is 10.2. The largest absolute Gasteiger partial charge is 0.383 e. The summed E-state index contributed by atoms with van der Waals surface area (Å²) >= 11 is 0. The molecule has 3 atom stereocenters. The van der Waals surface area contributed by atoms with Gasteiger partial charge in [-0.3, -0.25) is 4.21 Å². The number of ether oxygens (including phenoxy) is 1. The topological polar surface area (TPSA) is 38.3 Å². The van der Waals surface area contributed by atoms with Gasteiger partial charge in [0.25, 0.3) is 0 Å². The van der Waals surface area contributed by atoms with Crippen molar-refractivity contribution in [1.29, 1.82) is 0 Å².